The highest BCUT2D eigenvalue weighted by Gasteiger charge is 2.49. The van der Waals surface area contributed by atoms with Crippen molar-refractivity contribution in [1.29, 1.82) is 0 Å². The van der Waals surface area contributed by atoms with Crippen LogP contribution in [-0.2, 0) is 21.7 Å². The first-order valence-corrected chi connectivity index (χ1v) is 11.0. The molecule has 0 aliphatic carbocycles. The van der Waals surface area contributed by atoms with Crippen LogP contribution >= 0.6 is 0 Å². The Bertz CT molecular complexity index is 1280. The molecule has 0 aromatic heterocycles. The molecular formula is C26H23N3O6. The summed E-state index contributed by atoms with van der Waals surface area (Å²) in [5.41, 5.74) is 0.781. The molecule has 5 rings (SSSR count). The Hall–Kier alpha value is -4.53. The number of hydrogen-bond acceptors (Lipinski definition) is 6. The zero-order chi connectivity index (χ0) is 24.4. The minimum atomic E-state index is -1.32. The Morgan fingerprint density at radius 1 is 1.03 bits per heavy atom. The Morgan fingerprint density at radius 3 is 2.54 bits per heavy atom. The van der Waals surface area contributed by atoms with Crippen molar-refractivity contribution in [3.63, 3.8) is 0 Å². The summed E-state index contributed by atoms with van der Waals surface area (Å²) in [5.74, 6) is 0.697. The lowest BCUT2D eigenvalue weighted by atomic mass is 9.91. The number of carbonyl (C=O) groups is 3. The summed E-state index contributed by atoms with van der Waals surface area (Å²) >= 11 is 0. The number of nitrogens with zero attached hydrogens (tertiary/aromatic N) is 1. The first kappa shape index (κ1) is 22.3. The van der Waals surface area contributed by atoms with Crippen LogP contribution in [0.4, 0.5) is 10.5 Å². The number of hydrogen-bond donors (Lipinski definition) is 2. The van der Waals surface area contributed by atoms with Crippen molar-refractivity contribution in [2.45, 2.75) is 19.1 Å². The van der Waals surface area contributed by atoms with Crippen LogP contribution in [-0.4, -0.2) is 36.1 Å². The molecule has 3 aromatic rings. The standard InChI is InChI=1S/C26H23N3O6/c1-26(18-7-12-21-22(13-18)35-16-34-21)24(31)29(25(32)28-26)14-23(30)27-19-8-10-20(11-9-19)33-15-17-5-3-2-4-6-17/h2-13H,14-16H2,1H3,(H,27,30)(H,28,32)/t26-/m0/s1. The van der Waals surface area contributed by atoms with Crippen LogP contribution in [0.2, 0.25) is 0 Å². The van der Waals surface area contributed by atoms with Crippen LogP contribution in [0.1, 0.15) is 18.1 Å². The molecule has 3 aromatic carbocycles. The maximum absolute atomic E-state index is 13.1. The monoisotopic (exact) mass is 473 g/mol. The van der Waals surface area contributed by atoms with E-state index < -0.39 is 29.9 Å². The molecule has 178 valence electrons. The minimum absolute atomic E-state index is 0.0994. The molecule has 0 spiro atoms. The average molecular weight is 473 g/mol. The average Bonchev–Trinajstić information content (AvgIpc) is 3.42. The van der Waals surface area contributed by atoms with Gasteiger partial charge in [0.2, 0.25) is 12.7 Å². The highest BCUT2D eigenvalue weighted by atomic mass is 16.7. The van der Waals surface area contributed by atoms with Gasteiger partial charge in [-0.15, -0.1) is 0 Å². The van der Waals surface area contributed by atoms with Gasteiger partial charge < -0.3 is 24.8 Å². The van der Waals surface area contributed by atoms with Crippen LogP contribution in [0.5, 0.6) is 17.2 Å². The molecule has 1 atom stereocenters. The summed E-state index contributed by atoms with van der Waals surface area (Å²) in [6, 6.07) is 21.0. The molecule has 2 N–H and O–H groups in total. The van der Waals surface area contributed by atoms with E-state index >= 15 is 0 Å². The third-order valence-electron chi connectivity index (χ3n) is 5.91. The van der Waals surface area contributed by atoms with Crippen molar-refractivity contribution >= 4 is 23.5 Å². The predicted octanol–water partition coefficient (Wildman–Crippen LogP) is 3.40. The fourth-order valence-electron chi connectivity index (χ4n) is 3.96. The number of ether oxygens (including phenoxy) is 3. The molecule has 1 fully saturated rings. The molecule has 0 saturated carbocycles. The van der Waals surface area contributed by atoms with Crippen molar-refractivity contribution in [3.8, 4) is 17.2 Å². The van der Waals surface area contributed by atoms with E-state index in [1.807, 2.05) is 30.3 Å². The number of anilines is 1. The van der Waals surface area contributed by atoms with Crippen molar-refractivity contribution < 1.29 is 28.6 Å². The third kappa shape index (κ3) is 4.48. The van der Waals surface area contributed by atoms with Crippen LogP contribution in [0.3, 0.4) is 0 Å². The molecule has 0 radical (unpaired) electrons. The number of benzene rings is 3. The van der Waals surface area contributed by atoms with Gasteiger partial charge in [0.25, 0.3) is 5.91 Å². The largest absolute Gasteiger partial charge is 0.489 e. The molecule has 2 heterocycles. The lowest BCUT2D eigenvalue weighted by Gasteiger charge is -2.22. The van der Waals surface area contributed by atoms with E-state index in [0.29, 0.717) is 35.1 Å². The predicted molar refractivity (Wildman–Crippen MR) is 126 cm³/mol. The van der Waals surface area contributed by atoms with E-state index in [-0.39, 0.29) is 6.79 Å². The normalized spacial score (nSPS) is 18.4. The number of rotatable bonds is 7. The molecule has 9 nitrogen and oxygen atoms in total. The molecule has 9 heteroatoms. The molecule has 4 amide bonds. The first-order valence-electron chi connectivity index (χ1n) is 11.0. The van der Waals surface area contributed by atoms with Crippen LogP contribution in [0.15, 0.2) is 72.8 Å². The summed E-state index contributed by atoms with van der Waals surface area (Å²) in [5, 5.41) is 5.39. The number of fused-ring (bicyclic) bond motifs is 1. The van der Waals surface area contributed by atoms with E-state index in [0.717, 1.165) is 10.5 Å². The van der Waals surface area contributed by atoms with E-state index in [1.54, 1.807) is 49.4 Å². The van der Waals surface area contributed by atoms with Crippen molar-refractivity contribution in [3.05, 3.63) is 83.9 Å². The number of nitrogens with one attached hydrogen (secondary N) is 2. The summed E-state index contributed by atoms with van der Waals surface area (Å²) in [6.07, 6.45) is 0. The quantitative estimate of drug-likeness (QED) is 0.510. The fraction of sp³-hybridized carbons (Fsp3) is 0.192. The van der Waals surface area contributed by atoms with Gasteiger partial charge in [0.05, 0.1) is 0 Å². The number of urea groups is 1. The van der Waals surface area contributed by atoms with E-state index in [9.17, 15) is 14.4 Å². The summed E-state index contributed by atoms with van der Waals surface area (Å²) in [7, 11) is 0. The number of carbonyl (C=O) groups excluding carboxylic acids is 3. The lowest BCUT2D eigenvalue weighted by molar-refractivity contribution is -0.133. The maximum atomic E-state index is 13.1. The first-order chi connectivity index (χ1) is 16.9. The van der Waals surface area contributed by atoms with E-state index in [2.05, 4.69) is 10.6 Å². The zero-order valence-electron chi connectivity index (χ0n) is 18.9. The minimum Gasteiger partial charge on any atom is -0.489 e. The molecular weight excluding hydrogens is 450 g/mol. The summed E-state index contributed by atoms with van der Waals surface area (Å²) < 4.78 is 16.4. The van der Waals surface area contributed by atoms with Gasteiger partial charge in [0.1, 0.15) is 24.4 Å². The highest BCUT2D eigenvalue weighted by Crippen LogP contribution is 2.37. The summed E-state index contributed by atoms with van der Waals surface area (Å²) in [6.45, 7) is 1.71. The zero-order valence-corrected chi connectivity index (χ0v) is 18.9. The van der Waals surface area contributed by atoms with Gasteiger partial charge in [-0.1, -0.05) is 36.4 Å². The van der Waals surface area contributed by atoms with Gasteiger partial charge in [0, 0.05) is 5.69 Å². The molecule has 2 aliphatic heterocycles. The Labute approximate surface area is 201 Å². The Balaban J connectivity index is 1.20. The third-order valence-corrected chi connectivity index (χ3v) is 5.91. The molecule has 0 unspecified atom stereocenters. The second kappa shape index (κ2) is 9.02. The Morgan fingerprint density at radius 2 is 1.77 bits per heavy atom. The summed E-state index contributed by atoms with van der Waals surface area (Å²) in [4.78, 5) is 39.2. The molecule has 1 saturated heterocycles. The number of amides is 4. The second-order valence-corrected chi connectivity index (χ2v) is 8.36. The second-order valence-electron chi connectivity index (χ2n) is 8.36. The van der Waals surface area contributed by atoms with Crippen molar-refractivity contribution in [1.82, 2.24) is 10.2 Å². The molecule has 2 aliphatic rings. The van der Waals surface area contributed by atoms with Crippen LogP contribution < -0.4 is 24.8 Å². The van der Waals surface area contributed by atoms with Crippen molar-refractivity contribution in [2.75, 3.05) is 18.7 Å². The number of imide groups is 1. The van der Waals surface area contributed by atoms with E-state index in [1.165, 1.54) is 0 Å². The Kier molecular flexibility index (Phi) is 5.74. The SMILES string of the molecule is C[C@@]1(c2ccc3c(c2)OCO3)NC(=O)N(CC(=O)Nc2ccc(OCc3ccccc3)cc2)C1=O. The van der Waals surface area contributed by atoms with Gasteiger partial charge >= 0.3 is 6.03 Å². The fourth-order valence-corrected chi connectivity index (χ4v) is 3.96. The maximum Gasteiger partial charge on any atom is 0.325 e. The molecule has 0 bridgehead atoms. The topological polar surface area (TPSA) is 106 Å². The van der Waals surface area contributed by atoms with Gasteiger partial charge in [0.15, 0.2) is 11.5 Å². The van der Waals surface area contributed by atoms with E-state index in [4.69, 9.17) is 14.2 Å². The van der Waals surface area contributed by atoms with Crippen LogP contribution in [0.25, 0.3) is 0 Å². The lowest BCUT2D eigenvalue weighted by Crippen LogP contribution is -2.42. The molecule has 35 heavy (non-hydrogen) atoms. The van der Waals surface area contributed by atoms with Gasteiger partial charge in [-0.25, -0.2) is 4.79 Å². The smallest absolute Gasteiger partial charge is 0.325 e. The van der Waals surface area contributed by atoms with Gasteiger partial charge in [-0.2, -0.15) is 0 Å². The van der Waals surface area contributed by atoms with Gasteiger partial charge in [-0.3, -0.25) is 14.5 Å². The highest BCUT2D eigenvalue weighted by molar-refractivity contribution is 6.10. The van der Waals surface area contributed by atoms with Gasteiger partial charge in [-0.05, 0) is 54.4 Å². The van der Waals surface area contributed by atoms with Crippen molar-refractivity contribution in [2.24, 2.45) is 0 Å². The van der Waals surface area contributed by atoms with Crippen LogP contribution in [0, 0.1) is 0 Å².